The third-order valence-corrected chi connectivity index (χ3v) is 3.01. The highest BCUT2D eigenvalue weighted by Crippen LogP contribution is 2.33. The first-order valence-corrected chi connectivity index (χ1v) is 6.15. The fourth-order valence-electron chi connectivity index (χ4n) is 2.06. The maximum Gasteiger partial charge on any atom is 0.292 e. The Kier molecular flexibility index (Phi) is 3.76. The molecule has 0 amide bonds. The first-order chi connectivity index (χ1) is 9.92. The normalized spacial score (nSPS) is 9.95. The van der Waals surface area contributed by atoms with Gasteiger partial charge in [-0.05, 0) is 43.2 Å². The van der Waals surface area contributed by atoms with E-state index < -0.39 is 4.92 Å². The standard InChI is InChI=1S/C15H13N3O3/c1-9-5-11(8-16)6-10(2)15(9)21-12-3-4-14(18(19)20)13(17)7-12/h3-7H,17H2,1-2H3. The minimum Gasteiger partial charge on any atom is -0.457 e. The van der Waals surface area contributed by atoms with E-state index in [0.29, 0.717) is 17.1 Å². The highest BCUT2D eigenvalue weighted by molar-refractivity contribution is 5.61. The van der Waals surface area contributed by atoms with Gasteiger partial charge in [0.1, 0.15) is 17.2 Å². The van der Waals surface area contributed by atoms with E-state index in [-0.39, 0.29) is 11.4 Å². The first kappa shape index (κ1) is 14.3. The Morgan fingerprint density at radius 2 is 1.86 bits per heavy atom. The van der Waals surface area contributed by atoms with Gasteiger partial charge in [-0.1, -0.05) is 0 Å². The molecule has 0 radical (unpaired) electrons. The number of nitrogens with two attached hydrogens (primary N) is 1. The molecule has 0 bridgehead atoms. The van der Waals surface area contributed by atoms with Crippen LogP contribution in [0.4, 0.5) is 11.4 Å². The Morgan fingerprint density at radius 1 is 1.24 bits per heavy atom. The maximum absolute atomic E-state index is 10.7. The van der Waals surface area contributed by atoms with Gasteiger partial charge in [0, 0.05) is 12.1 Å². The topological polar surface area (TPSA) is 102 Å². The van der Waals surface area contributed by atoms with Crippen molar-refractivity contribution in [3.05, 3.63) is 57.1 Å². The number of ether oxygens (including phenoxy) is 1. The molecule has 0 aliphatic rings. The predicted octanol–water partition coefficient (Wildman–Crippen LogP) is 3.46. The number of aryl methyl sites for hydroxylation is 2. The second kappa shape index (κ2) is 5.51. The van der Waals surface area contributed by atoms with E-state index in [1.165, 1.54) is 18.2 Å². The lowest BCUT2D eigenvalue weighted by Gasteiger charge is -2.12. The second-order valence-electron chi connectivity index (χ2n) is 4.63. The van der Waals surface area contributed by atoms with Crippen molar-refractivity contribution in [2.75, 3.05) is 5.73 Å². The number of nitriles is 1. The molecule has 0 saturated heterocycles. The molecule has 0 unspecified atom stereocenters. The number of benzene rings is 2. The summed E-state index contributed by atoms with van der Waals surface area (Å²) in [5.41, 5.74) is 7.69. The summed E-state index contributed by atoms with van der Waals surface area (Å²) in [6.07, 6.45) is 0. The van der Waals surface area contributed by atoms with Crippen molar-refractivity contribution in [2.45, 2.75) is 13.8 Å². The third kappa shape index (κ3) is 2.92. The van der Waals surface area contributed by atoms with Gasteiger partial charge in [-0.25, -0.2) is 0 Å². The Bertz CT molecular complexity index is 740. The van der Waals surface area contributed by atoms with Crippen LogP contribution >= 0.6 is 0 Å². The van der Waals surface area contributed by atoms with Crippen molar-refractivity contribution >= 4 is 11.4 Å². The number of hydrogen-bond acceptors (Lipinski definition) is 5. The minimum absolute atomic E-state index is 0.0430. The molecule has 21 heavy (non-hydrogen) atoms. The lowest BCUT2D eigenvalue weighted by Crippen LogP contribution is -1.97. The zero-order valence-corrected chi connectivity index (χ0v) is 11.6. The van der Waals surface area contributed by atoms with Crippen LogP contribution in [0.5, 0.6) is 11.5 Å². The van der Waals surface area contributed by atoms with E-state index in [9.17, 15) is 10.1 Å². The van der Waals surface area contributed by atoms with E-state index in [1.807, 2.05) is 13.8 Å². The number of nitro benzene ring substituents is 1. The van der Waals surface area contributed by atoms with Gasteiger partial charge in [-0.3, -0.25) is 10.1 Å². The monoisotopic (exact) mass is 283 g/mol. The molecule has 0 atom stereocenters. The SMILES string of the molecule is Cc1cc(C#N)cc(C)c1Oc1ccc([N+](=O)[O-])c(N)c1. The largest absolute Gasteiger partial charge is 0.457 e. The molecule has 0 heterocycles. The molecule has 0 aromatic heterocycles. The number of nitrogen functional groups attached to an aromatic ring is 1. The number of anilines is 1. The van der Waals surface area contributed by atoms with Crippen molar-refractivity contribution in [1.82, 2.24) is 0 Å². The molecule has 106 valence electrons. The summed E-state index contributed by atoms with van der Waals surface area (Å²) in [6.45, 7) is 3.66. The Morgan fingerprint density at radius 3 is 2.33 bits per heavy atom. The van der Waals surface area contributed by atoms with Gasteiger partial charge in [0.2, 0.25) is 0 Å². The summed E-state index contributed by atoms with van der Waals surface area (Å²) in [7, 11) is 0. The van der Waals surface area contributed by atoms with Crippen LogP contribution in [0.15, 0.2) is 30.3 Å². The van der Waals surface area contributed by atoms with Gasteiger partial charge in [-0.15, -0.1) is 0 Å². The summed E-state index contributed by atoms with van der Waals surface area (Å²) < 4.78 is 5.74. The zero-order chi connectivity index (χ0) is 15.6. The van der Waals surface area contributed by atoms with Gasteiger partial charge in [0.15, 0.2) is 0 Å². The van der Waals surface area contributed by atoms with Crippen LogP contribution in [0, 0.1) is 35.3 Å². The molecule has 2 N–H and O–H groups in total. The van der Waals surface area contributed by atoms with Gasteiger partial charge >= 0.3 is 0 Å². The van der Waals surface area contributed by atoms with Crippen LogP contribution in [0.25, 0.3) is 0 Å². The number of rotatable bonds is 3. The van der Waals surface area contributed by atoms with Crippen molar-refractivity contribution < 1.29 is 9.66 Å². The Balaban J connectivity index is 2.37. The molecule has 0 aliphatic carbocycles. The predicted molar refractivity (Wildman–Crippen MR) is 78.2 cm³/mol. The molecule has 0 fully saturated rings. The molecular weight excluding hydrogens is 270 g/mol. The third-order valence-electron chi connectivity index (χ3n) is 3.01. The summed E-state index contributed by atoms with van der Waals surface area (Å²) in [5, 5.41) is 19.6. The van der Waals surface area contributed by atoms with Gasteiger partial charge < -0.3 is 10.5 Å². The highest BCUT2D eigenvalue weighted by atomic mass is 16.6. The lowest BCUT2D eigenvalue weighted by atomic mass is 10.1. The Labute approximate surface area is 121 Å². The minimum atomic E-state index is -0.544. The van der Waals surface area contributed by atoms with Gasteiger partial charge in [0.25, 0.3) is 5.69 Å². The average molecular weight is 283 g/mol. The van der Waals surface area contributed by atoms with Crippen LogP contribution in [-0.4, -0.2) is 4.92 Å². The maximum atomic E-state index is 10.7. The van der Waals surface area contributed by atoms with Crippen LogP contribution in [0.2, 0.25) is 0 Å². The summed E-state index contributed by atoms with van der Waals surface area (Å²) in [5.74, 6) is 1.02. The molecular formula is C15H13N3O3. The smallest absolute Gasteiger partial charge is 0.292 e. The average Bonchev–Trinajstić information content (AvgIpc) is 2.42. The highest BCUT2D eigenvalue weighted by Gasteiger charge is 2.13. The summed E-state index contributed by atoms with van der Waals surface area (Å²) in [6, 6.07) is 9.72. The fraction of sp³-hybridized carbons (Fsp3) is 0.133. The lowest BCUT2D eigenvalue weighted by molar-refractivity contribution is -0.383. The second-order valence-corrected chi connectivity index (χ2v) is 4.63. The van der Waals surface area contributed by atoms with Gasteiger partial charge in [0.05, 0.1) is 16.6 Å². The summed E-state index contributed by atoms with van der Waals surface area (Å²) in [4.78, 5) is 10.2. The molecule has 0 aliphatic heterocycles. The number of hydrogen-bond donors (Lipinski definition) is 1. The van der Waals surface area contributed by atoms with Crippen molar-refractivity contribution in [1.29, 1.82) is 5.26 Å². The van der Waals surface area contributed by atoms with Crippen molar-refractivity contribution in [3.63, 3.8) is 0 Å². The van der Waals surface area contributed by atoms with E-state index in [2.05, 4.69) is 6.07 Å². The van der Waals surface area contributed by atoms with Crippen LogP contribution in [0.1, 0.15) is 16.7 Å². The van der Waals surface area contributed by atoms with Crippen LogP contribution in [-0.2, 0) is 0 Å². The molecule has 6 nitrogen and oxygen atoms in total. The van der Waals surface area contributed by atoms with Gasteiger partial charge in [-0.2, -0.15) is 5.26 Å². The molecule has 0 spiro atoms. The zero-order valence-electron chi connectivity index (χ0n) is 11.6. The molecule has 2 rings (SSSR count). The summed E-state index contributed by atoms with van der Waals surface area (Å²) >= 11 is 0. The molecule has 2 aromatic rings. The molecule has 6 heteroatoms. The van der Waals surface area contributed by atoms with Crippen LogP contribution in [0.3, 0.4) is 0 Å². The van der Waals surface area contributed by atoms with E-state index >= 15 is 0 Å². The van der Waals surface area contributed by atoms with E-state index in [4.69, 9.17) is 15.7 Å². The first-order valence-electron chi connectivity index (χ1n) is 6.15. The molecule has 0 saturated carbocycles. The van der Waals surface area contributed by atoms with Crippen molar-refractivity contribution in [2.24, 2.45) is 0 Å². The van der Waals surface area contributed by atoms with E-state index in [0.717, 1.165) is 11.1 Å². The quantitative estimate of drug-likeness (QED) is 0.528. The fourth-order valence-corrected chi connectivity index (χ4v) is 2.06. The number of nitro groups is 1. The van der Waals surface area contributed by atoms with Crippen molar-refractivity contribution in [3.8, 4) is 17.6 Å². The Hall–Kier alpha value is -3.07. The van der Waals surface area contributed by atoms with E-state index in [1.54, 1.807) is 12.1 Å². The number of nitrogens with zero attached hydrogens (tertiary/aromatic N) is 2. The van der Waals surface area contributed by atoms with Crippen LogP contribution < -0.4 is 10.5 Å². The molecule has 2 aromatic carbocycles.